The molecule has 2 saturated heterocycles. The third kappa shape index (κ3) is 8.28. The van der Waals surface area contributed by atoms with Gasteiger partial charge in [0.2, 0.25) is 6.29 Å². The Labute approximate surface area is 317 Å². The fourth-order valence-corrected chi connectivity index (χ4v) is 6.99. The fourth-order valence-electron chi connectivity index (χ4n) is 6.99. The van der Waals surface area contributed by atoms with Crippen LogP contribution in [-0.4, -0.2) is 119 Å². The number of imide groups is 1. The van der Waals surface area contributed by atoms with Crippen LogP contribution in [0.15, 0.2) is 109 Å². The van der Waals surface area contributed by atoms with E-state index in [0.29, 0.717) is 11.5 Å². The molecule has 3 heterocycles. The molecule has 4 N–H and O–H groups in total. The molecular weight excluding hydrogens is 714 g/mol. The molecule has 14 nitrogen and oxygen atoms in total. The van der Waals surface area contributed by atoms with Gasteiger partial charge in [-0.2, -0.15) is 0 Å². The van der Waals surface area contributed by atoms with Gasteiger partial charge in [-0.25, -0.2) is 0 Å². The zero-order valence-corrected chi connectivity index (χ0v) is 29.9. The van der Waals surface area contributed by atoms with E-state index in [-0.39, 0.29) is 30.9 Å². The average Bonchev–Trinajstić information content (AvgIpc) is 3.47. The summed E-state index contributed by atoms with van der Waals surface area (Å²) in [7, 11) is 1.53. The molecule has 0 radical (unpaired) electrons. The molecule has 7 rings (SSSR count). The predicted octanol–water partition coefficient (Wildman–Crippen LogP) is 2.45. The highest BCUT2D eigenvalue weighted by atomic mass is 16.7. The number of methoxy groups -OCH3 is 1. The molecule has 2 amide bonds. The first-order valence-corrected chi connectivity index (χ1v) is 17.9. The molecule has 55 heavy (non-hydrogen) atoms. The van der Waals surface area contributed by atoms with E-state index in [4.69, 9.17) is 33.2 Å². The number of aliphatic hydroxyl groups is 4. The van der Waals surface area contributed by atoms with Crippen molar-refractivity contribution in [3.05, 3.63) is 131 Å². The van der Waals surface area contributed by atoms with Crippen LogP contribution in [0.2, 0.25) is 0 Å². The number of ether oxygens (including phenoxy) is 7. The van der Waals surface area contributed by atoms with Gasteiger partial charge in [0, 0.05) is 0 Å². The third-order valence-electron chi connectivity index (χ3n) is 9.87. The van der Waals surface area contributed by atoms with Crippen molar-refractivity contribution in [2.24, 2.45) is 0 Å². The number of rotatable bonds is 14. The summed E-state index contributed by atoms with van der Waals surface area (Å²) in [4.78, 5) is 29.5. The van der Waals surface area contributed by atoms with Gasteiger partial charge in [-0.3, -0.25) is 14.5 Å². The van der Waals surface area contributed by atoms with Crippen LogP contribution in [0, 0.1) is 0 Å². The van der Waals surface area contributed by atoms with Gasteiger partial charge in [-0.05, 0) is 47.5 Å². The number of benzene rings is 4. The molecule has 0 saturated carbocycles. The monoisotopic (exact) mass is 757 g/mol. The molecule has 4 aromatic carbocycles. The molecular formula is C41H43NO13. The van der Waals surface area contributed by atoms with Gasteiger partial charge in [0.25, 0.3) is 11.8 Å². The number of hydrogen-bond donors (Lipinski definition) is 4. The quantitative estimate of drug-likeness (QED) is 0.138. The molecule has 3 aliphatic rings. The lowest BCUT2D eigenvalue weighted by Crippen LogP contribution is -2.69. The van der Waals surface area contributed by atoms with E-state index in [1.54, 1.807) is 48.5 Å². The highest BCUT2D eigenvalue weighted by Gasteiger charge is 2.57. The Morgan fingerprint density at radius 2 is 1.20 bits per heavy atom. The van der Waals surface area contributed by atoms with Crippen LogP contribution < -0.4 is 9.47 Å². The van der Waals surface area contributed by atoms with E-state index in [2.05, 4.69) is 0 Å². The van der Waals surface area contributed by atoms with E-state index in [0.717, 1.165) is 16.0 Å². The number of fused-ring (bicyclic) bond motifs is 1. The normalized spacial score (nSPS) is 29.2. The molecule has 10 atom stereocenters. The Kier molecular flexibility index (Phi) is 12.2. The lowest BCUT2D eigenvalue weighted by Gasteiger charge is -2.50. The first-order chi connectivity index (χ1) is 26.8. The average molecular weight is 758 g/mol. The van der Waals surface area contributed by atoms with Crippen molar-refractivity contribution in [1.82, 2.24) is 4.90 Å². The van der Waals surface area contributed by atoms with Crippen LogP contribution in [0.1, 0.15) is 31.8 Å². The van der Waals surface area contributed by atoms with E-state index in [9.17, 15) is 30.0 Å². The van der Waals surface area contributed by atoms with Crippen molar-refractivity contribution in [2.45, 2.75) is 74.6 Å². The van der Waals surface area contributed by atoms with Crippen LogP contribution in [0.4, 0.5) is 0 Å². The van der Waals surface area contributed by atoms with Crippen molar-refractivity contribution in [3.8, 4) is 11.5 Å². The second-order valence-corrected chi connectivity index (χ2v) is 13.4. The maximum Gasteiger partial charge on any atom is 0.262 e. The Hall–Kier alpha value is -4.74. The van der Waals surface area contributed by atoms with Gasteiger partial charge in [0.05, 0.1) is 44.7 Å². The number of hydrogen-bond acceptors (Lipinski definition) is 13. The van der Waals surface area contributed by atoms with Gasteiger partial charge < -0.3 is 53.6 Å². The second kappa shape index (κ2) is 17.4. The highest BCUT2D eigenvalue weighted by molar-refractivity contribution is 6.21. The number of aliphatic hydroxyl groups excluding tert-OH is 4. The van der Waals surface area contributed by atoms with E-state index >= 15 is 0 Å². The molecule has 0 spiro atoms. The van der Waals surface area contributed by atoms with Crippen molar-refractivity contribution in [3.63, 3.8) is 0 Å². The highest BCUT2D eigenvalue weighted by Crippen LogP contribution is 2.38. The minimum atomic E-state index is -1.79. The minimum Gasteiger partial charge on any atom is -0.497 e. The van der Waals surface area contributed by atoms with E-state index in [1.807, 2.05) is 60.7 Å². The SMILES string of the molecule is COc1ccc(O[C@@H]2O[C@H](COCc3ccccc3)[C@@H](O[C@@H]3O[C@H](CO)[C@@H](O)[C@H](O)[C@H]3O)[C@H](OCc3ccccc3)[C@H]2N2C(=O)c3ccccc3C2=O)cc1. The van der Waals surface area contributed by atoms with Crippen molar-refractivity contribution in [2.75, 3.05) is 20.3 Å². The van der Waals surface area contributed by atoms with E-state index < -0.39 is 79.8 Å². The maximum atomic E-state index is 14.2. The number of carbonyl (C=O) groups is 2. The van der Waals surface area contributed by atoms with Gasteiger partial charge in [0.15, 0.2) is 6.29 Å². The molecule has 290 valence electrons. The molecule has 3 aliphatic heterocycles. The predicted molar refractivity (Wildman–Crippen MR) is 193 cm³/mol. The summed E-state index contributed by atoms with van der Waals surface area (Å²) in [5, 5.41) is 42.3. The summed E-state index contributed by atoms with van der Waals surface area (Å²) in [5.74, 6) is -0.336. The zero-order chi connectivity index (χ0) is 38.5. The standard InChI is InChI=1S/C41H43NO13/c1-49-26-16-18-27(19-17-26)52-40-32(42-38(47)28-14-8-9-15-29(28)39(42)48)37(51-22-25-12-6-3-7-13-25)36(31(54-40)23-50-21-24-10-4-2-5-11-24)55-41-35(46)34(45)33(44)30(20-43)53-41/h2-19,30-37,40-41,43-46H,20-23H2,1H3/t30-,31-,32-,33-,34+,35-,36-,37-,40-,41+/m1/s1. The van der Waals surface area contributed by atoms with Gasteiger partial charge in [-0.15, -0.1) is 0 Å². The molecule has 0 unspecified atom stereocenters. The Bertz CT molecular complexity index is 1840. The smallest absolute Gasteiger partial charge is 0.262 e. The summed E-state index contributed by atoms with van der Waals surface area (Å²) < 4.78 is 43.5. The van der Waals surface area contributed by atoms with Crippen LogP contribution >= 0.6 is 0 Å². The molecule has 2 fully saturated rings. The van der Waals surface area contributed by atoms with Crippen molar-refractivity contribution >= 4 is 11.8 Å². The topological polar surface area (TPSA) is 183 Å². The number of carbonyl (C=O) groups excluding carboxylic acids is 2. The van der Waals surface area contributed by atoms with E-state index in [1.165, 1.54) is 7.11 Å². The van der Waals surface area contributed by atoms with Gasteiger partial charge >= 0.3 is 0 Å². The third-order valence-corrected chi connectivity index (χ3v) is 9.87. The summed E-state index contributed by atoms with van der Waals surface area (Å²) in [5.41, 5.74) is 1.98. The van der Waals surface area contributed by atoms with Crippen molar-refractivity contribution < 1.29 is 63.2 Å². The first-order valence-electron chi connectivity index (χ1n) is 17.9. The largest absolute Gasteiger partial charge is 0.497 e. The van der Waals surface area contributed by atoms with Gasteiger partial charge in [0.1, 0.15) is 60.3 Å². The molecule has 0 aliphatic carbocycles. The van der Waals surface area contributed by atoms with Crippen molar-refractivity contribution in [1.29, 1.82) is 0 Å². The van der Waals surface area contributed by atoms with Crippen LogP contribution in [0.5, 0.6) is 11.5 Å². The summed E-state index contributed by atoms with van der Waals surface area (Å²) in [6.45, 7) is -0.681. The molecule has 14 heteroatoms. The molecule has 4 aromatic rings. The fraction of sp³-hybridized carbons (Fsp3) is 0.366. The number of nitrogens with zero attached hydrogens (tertiary/aromatic N) is 1. The first kappa shape index (κ1) is 38.5. The number of amides is 2. The Morgan fingerprint density at radius 1 is 0.636 bits per heavy atom. The summed E-state index contributed by atoms with van der Waals surface area (Å²) in [6, 6.07) is 30.4. The Morgan fingerprint density at radius 3 is 1.80 bits per heavy atom. The lowest BCUT2D eigenvalue weighted by atomic mass is 9.94. The van der Waals surface area contributed by atoms with Gasteiger partial charge in [-0.1, -0.05) is 72.8 Å². The van der Waals surface area contributed by atoms with Crippen LogP contribution in [0.3, 0.4) is 0 Å². The zero-order valence-electron chi connectivity index (χ0n) is 29.9. The Balaban J connectivity index is 1.31. The lowest BCUT2D eigenvalue weighted by molar-refractivity contribution is -0.350. The maximum absolute atomic E-state index is 14.2. The molecule has 0 aromatic heterocycles. The minimum absolute atomic E-state index is 0.0213. The second-order valence-electron chi connectivity index (χ2n) is 13.4. The summed E-state index contributed by atoms with van der Waals surface area (Å²) >= 11 is 0. The summed E-state index contributed by atoms with van der Waals surface area (Å²) in [6.07, 6.45) is -13.1. The van der Waals surface area contributed by atoms with Crippen LogP contribution in [0.25, 0.3) is 0 Å². The molecule has 0 bridgehead atoms. The van der Waals surface area contributed by atoms with Crippen LogP contribution in [-0.2, 0) is 36.9 Å².